The lowest BCUT2D eigenvalue weighted by atomic mass is 10.0. The number of fused-ring (bicyclic) bond motifs is 6. The van der Waals surface area contributed by atoms with E-state index in [0.717, 1.165) is 32.5 Å². The van der Waals surface area contributed by atoms with Crippen LogP contribution in [0.2, 0.25) is 0 Å². The van der Waals surface area contributed by atoms with E-state index in [2.05, 4.69) is 24.3 Å². The number of benzene rings is 4. The Balaban J connectivity index is 2.11. The van der Waals surface area contributed by atoms with E-state index in [-0.39, 0.29) is 5.75 Å². The first-order valence-electron chi connectivity index (χ1n) is 7.27. The van der Waals surface area contributed by atoms with Crippen LogP contribution in [0.25, 0.3) is 43.5 Å². The number of phenolic OH excluding ortho intramolecular Hbond substituents is 1. The third-order valence-corrected chi connectivity index (χ3v) is 4.31. The molecular formula is C20H12O2. The molecule has 0 spiro atoms. The second-order valence-electron chi connectivity index (χ2n) is 5.62. The van der Waals surface area contributed by atoms with E-state index in [1.165, 1.54) is 5.39 Å². The zero-order chi connectivity index (χ0) is 14.7. The Hall–Kier alpha value is -3.00. The Morgan fingerprint density at radius 1 is 0.682 bits per heavy atom. The highest BCUT2D eigenvalue weighted by molar-refractivity contribution is 6.22. The van der Waals surface area contributed by atoms with E-state index in [1.807, 2.05) is 36.4 Å². The van der Waals surface area contributed by atoms with Gasteiger partial charge in [0, 0.05) is 10.8 Å². The van der Waals surface area contributed by atoms with Crippen LogP contribution in [0.5, 0.6) is 5.75 Å². The predicted octanol–water partition coefficient (Wildman–Crippen LogP) is 5.60. The van der Waals surface area contributed by atoms with E-state index < -0.39 is 0 Å². The van der Waals surface area contributed by atoms with E-state index in [1.54, 1.807) is 6.07 Å². The van der Waals surface area contributed by atoms with Crippen LogP contribution >= 0.6 is 0 Å². The summed E-state index contributed by atoms with van der Waals surface area (Å²) in [5, 5.41) is 16.8. The molecule has 0 unspecified atom stereocenters. The van der Waals surface area contributed by atoms with Gasteiger partial charge in [-0.2, -0.15) is 0 Å². The van der Waals surface area contributed by atoms with Gasteiger partial charge in [-0.3, -0.25) is 0 Å². The Labute approximate surface area is 126 Å². The van der Waals surface area contributed by atoms with Crippen molar-refractivity contribution in [1.29, 1.82) is 0 Å². The molecule has 104 valence electrons. The molecule has 0 fully saturated rings. The second-order valence-corrected chi connectivity index (χ2v) is 5.62. The molecule has 1 aromatic heterocycles. The van der Waals surface area contributed by atoms with Gasteiger partial charge in [-0.05, 0) is 39.7 Å². The van der Waals surface area contributed by atoms with Crippen molar-refractivity contribution in [2.24, 2.45) is 0 Å². The zero-order valence-electron chi connectivity index (χ0n) is 11.7. The van der Waals surface area contributed by atoms with Crippen molar-refractivity contribution in [2.45, 2.75) is 0 Å². The van der Waals surface area contributed by atoms with Crippen molar-refractivity contribution in [3.63, 3.8) is 0 Å². The molecule has 1 N–H and O–H groups in total. The van der Waals surface area contributed by atoms with Crippen LogP contribution in [-0.4, -0.2) is 5.11 Å². The lowest BCUT2D eigenvalue weighted by Gasteiger charge is -2.01. The molecule has 4 aromatic carbocycles. The van der Waals surface area contributed by atoms with Crippen molar-refractivity contribution in [3.8, 4) is 5.75 Å². The maximum Gasteiger partial charge on any atom is 0.177 e. The van der Waals surface area contributed by atoms with Crippen molar-refractivity contribution in [2.75, 3.05) is 0 Å². The first kappa shape index (κ1) is 11.6. The third-order valence-electron chi connectivity index (χ3n) is 4.31. The topological polar surface area (TPSA) is 33.4 Å². The van der Waals surface area contributed by atoms with Gasteiger partial charge < -0.3 is 9.52 Å². The molecule has 2 nitrogen and oxygen atoms in total. The van der Waals surface area contributed by atoms with E-state index in [4.69, 9.17) is 4.42 Å². The van der Waals surface area contributed by atoms with Crippen LogP contribution in [0.15, 0.2) is 71.1 Å². The average molecular weight is 284 g/mol. The Morgan fingerprint density at radius 3 is 2.18 bits per heavy atom. The summed E-state index contributed by atoms with van der Waals surface area (Å²) in [6, 6.07) is 22.2. The molecule has 22 heavy (non-hydrogen) atoms. The minimum absolute atomic E-state index is 0.189. The summed E-state index contributed by atoms with van der Waals surface area (Å²) < 4.78 is 5.95. The quantitative estimate of drug-likeness (QED) is 0.401. The molecule has 5 rings (SSSR count). The lowest BCUT2D eigenvalue weighted by Crippen LogP contribution is -1.76. The molecule has 1 heterocycles. The molecule has 0 aliphatic heterocycles. The highest BCUT2D eigenvalue weighted by atomic mass is 16.4. The number of hydrogen-bond acceptors (Lipinski definition) is 2. The SMILES string of the molecule is Oc1cc2ccccc2c2c1oc1cc3ccccc3cc12. The number of furan rings is 1. The normalized spacial score (nSPS) is 11.8. The van der Waals surface area contributed by atoms with Gasteiger partial charge >= 0.3 is 0 Å². The van der Waals surface area contributed by atoms with Crippen LogP contribution in [0.3, 0.4) is 0 Å². The fourth-order valence-electron chi connectivity index (χ4n) is 3.29. The summed E-state index contributed by atoms with van der Waals surface area (Å²) in [5.74, 6) is 0.189. The van der Waals surface area contributed by atoms with E-state index in [9.17, 15) is 5.11 Å². The smallest absolute Gasteiger partial charge is 0.177 e. The van der Waals surface area contributed by atoms with E-state index >= 15 is 0 Å². The highest BCUT2D eigenvalue weighted by Gasteiger charge is 2.14. The molecule has 0 bridgehead atoms. The van der Waals surface area contributed by atoms with Crippen LogP contribution in [-0.2, 0) is 0 Å². The van der Waals surface area contributed by atoms with Gasteiger partial charge in [0.25, 0.3) is 0 Å². The number of rotatable bonds is 0. The van der Waals surface area contributed by atoms with Gasteiger partial charge in [0.1, 0.15) is 5.58 Å². The molecule has 0 radical (unpaired) electrons. The van der Waals surface area contributed by atoms with Gasteiger partial charge in [-0.15, -0.1) is 0 Å². The average Bonchev–Trinajstić information content (AvgIpc) is 2.92. The van der Waals surface area contributed by atoms with Crippen LogP contribution in [0.1, 0.15) is 0 Å². The van der Waals surface area contributed by atoms with Crippen molar-refractivity contribution in [3.05, 3.63) is 66.7 Å². The monoisotopic (exact) mass is 284 g/mol. The van der Waals surface area contributed by atoms with Crippen molar-refractivity contribution >= 4 is 43.5 Å². The van der Waals surface area contributed by atoms with Crippen LogP contribution in [0, 0.1) is 0 Å². The number of aromatic hydroxyl groups is 1. The molecule has 0 amide bonds. The summed E-state index contributed by atoms with van der Waals surface area (Å²) >= 11 is 0. The van der Waals surface area contributed by atoms with Crippen molar-refractivity contribution in [1.82, 2.24) is 0 Å². The predicted molar refractivity (Wildman–Crippen MR) is 90.4 cm³/mol. The maximum atomic E-state index is 10.3. The molecule has 0 aliphatic carbocycles. The Kier molecular flexibility index (Phi) is 2.12. The third kappa shape index (κ3) is 1.44. The van der Waals surface area contributed by atoms with E-state index in [0.29, 0.717) is 5.58 Å². The van der Waals surface area contributed by atoms with Gasteiger partial charge in [0.05, 0.1) is 0 Å². The fourth-order valence-corrected chi connectivity index (χ4v) is 3.29. The molecular weight excluding hydrogens is 272 g/mol. The standard InChI is InChI=1S/C20H12O2/c21-17-10-14-7-3-4-8-15(14)19-16-9-12-5-1-2-6-13(12)11-18(16)22-20(17)19/h1-11,21H. The van der Waals surface area contributed by atoms with Crippen LogP contribution in [0.4, 0.5) is 0 Å². The zero-order valence-corrected chi connectivity index (χ0v) is 11.7. The van der Waals surface area contributed by atoms with Gasteiger partial charge in [-0.25, -0.2) is 0 Å². The summed E-state index contributed by atoms with van der Waals surface area (Å²) in [6.07, 6.45) is 0. The minimum Gasteiger partial charge on any atom is -0.504 e. The molecule has 0 atom stereocenters. The van der Waals surface area contributed by atoms with Gasteiger partial charge in [-0.1, -0.05) is 48.5 Å². The first-order chi connectivity index (χ1) is 10.8. The molecule has 0 aliphatic rings. The molecule has 0 saturated heterocycles. The van der Waals surface area contributed by atoms with Gasteiger partial charge in [0.15, 0.2) is 11.3 Å². The largest absolute Gasteiger partial charge is 0.504 e. The molecule has 2 heteroatoms. The fraction of sp³-hybridized carbons (Fsp3) is 0. The van der Waals surface area contributed by atoms with Crippen molar-refractivity contribution < 1.29 is 9.52 Å². The molecule has 0 saturated carbocycles. The number of hydrogen-bond donors (Lipinski definition) is 1. The van der Waals surface area contributed by atoms with Gasteiger partial charge in [0.2, 0.25) is 0 Å². The lowest BCUT2D eigenvalue weighted by molar-refractivity contribution is 0.469. The summed E-state index contributed by atoms with van der Waals surface area (Å²) in [5.41, 5.74) is 1.37. The first-order valence-corrected chi connectivity index (χ1v) is 7.27. The Morgan fingerprint density at radius 2 is 1.36 bits per heavy atom. The highest BCUT2D eigenvalue weighted by Crippen LogP contribution is 2.40. The Bertz CT molecular complexity index is 1180. The number of phenols is 1. The summed E-state index contributed by atoms with van der Waals surface area (Å²) in [6.45, 7) is 0. The van der Waals surface area contributed by atoms with Crippen LogP contribution < -0.4 is 0 Å². The second kappa shape index (κ2) is 4.01. The molecule has 5 aromatic rings. The minimum atomic E-state index is 0.189. The summed E-state index contributed by atoms with van der Waals surface area (Å²) in [7, 11) is 0. The maximum absolute atomic E-state index is 10.3. The summed E-state index contributed by atoms with van der Waals surface area (Å²) in [4.78, 5) is 0.